The fourth-order valence-electron chi connectivity index (χ4n) is 1.57. The van der Waals surface area contributed by atoms with Gasteiger partial charge in [0.1, 0.15) is 5.75 Å². The van der Waals surface area contributed by atoms with Crippen molar-refractivity contribution >= 4 is 0 Å². The predicted molar refractivity (Wildman–Crippen MR) is 68.4 cm³/mol. The molecule has 5 heteroatoms. The Labute approximate surface area is 106 Å². The number of ether oxygens (including phenoxy) is 1. The molecule has 1 aromatic carbocycles. The maximum Gasteiger partial charge on any atom is 0.251 e. The molecular formula is C13H17N3O2. The van der Waals surface area contributed by atoms with Gasteiger partial charge in [0, 0.05) is 0 Å². The van der Waals surface area contributed by atoms with E-state index in [4.69, 9.17) is 9.15 Å². The molecule has 18 heavy (non-hydrogen) atoms. The average molecular weight is 247 g/mol. The summed E-state index contributed by atoms with van der Waals surface area (Å²) in [5.41, 5.74) is 0.821. The second-order valence-electron chi connectivity index (χ2n) is 3.88. The summed E-state index contributed by atoms with van der Waals surface area (Å²) in [6.07, 6.45) is 0. The van der Waals surface area contributed by atoms with E-state index < -0.39 is 0 Å². The molecule has 0 bridgehead atoms. The summed E-state index contributed by atoms with van der Waals surface area (Å²) in [5.74, 6) is 1.81. The standard InChI is InChI=1S/C13H17N3O2/c1-4-17-11-8-6-5-7-10(11)13-16-15-12(18-13)9(2)14-3/h5-9,14H,4H2,1-3H3. The van der Waals surface area contributed by atoms with E-state index in [0.717, 1.165) is 11.3 Å². The average Bonchev–Trinajstić information content (AvgIpc) is 2.88. The van der Waals surface area contributed by atoms with Crippen molar-refractivity contribution in [1.82, 2.24) is 15.5 Å². The van der Waals surface area contributed by atoms with Gasteiger partial charge < -0.3 is 14.5 Å². The summed E-state index contributed by atoms with van der Waals surface area (Å²) in [6.45, 7) is 4.51. The molecule has 2 rings (SSSR count). The van der Waals surface area contributed by atoms with E-state index in [1.807, 2.05) is 45.2 Å². The SMILES string of the molecule is CCOc1ccccc1-c1nnc(C(C)NC)o1. The largest absolute Gasteiger partial charge is 0.493 e. The summed E-state index contributed by atoms with van der Waals surface area (Å²) < 4.78 is 11.2. The second-order valence-corrected chi connectivity index (χ2v) is 3.88. The Morgan fingerprint density at radius 1 is 1.33 bits per heavy atom. The van der Waals surface area contributed by atoms with E-state index in [2.05, 4.69) is 15.5 Å². The molecule has 0 saturated heterocycles. The molecule has 0 aliphatic rings. The minimum Gasteiger partial charge on any atom is -0.493 e. The van der Waals surface area contributed by atoms with E-state index in [1.165, 1.54) is 0 Å². The van der Waals surface area contributed by atoms with Gasteiger partial charge in [-0.05, 0) is 33.0 Å². The first-order valence-corrected chi connectivity index (χ1v) is 5.99. The fraction of sp³-hybridized carbons (Fsp3) is 0.385. The number of benzene rings is 1. The van der Waals surface area contributed by atoms with E-state index in [9.17, 15) is 0 Å². The van der Waals surface area contributed by atoms with Crippen LogP contribution in [0.2, 0.25) is 0 Å². The van der Waals surface area contributed by atoms with Crippen molar-refractivity contribution < 1.29 is 9.15 Å². The van der Waals surface area contributed by atoms with E-state index in [0.29, 0.717) is 18.4 Å². The molecule has 1 unspecified atom stereocenters. The smallest absolute Gasteiger partial charge is 0.251 e. The predicted octanol–water partition coefficient (Wildman–Crippen LogP) is 2.42. The highest BCUT2D eigenvalue weighted by atomic mass is 16.5. The van der Waals surface area contributed by atoms with Crippen molar-refractivity contribution in [2.24, 2.45) is 0 Å². The van der Waals surface area contributed by atoms with Gasteiger partial charge in [0.05, 0.1) is 18.2 Å². The molecule has 1 atom stereocenters. The first kappa shape index (κ1) is 12.6. The molecule has 1 heterocycles. The lowest BCUT2D eigenvalue weighted by atomic mass is 10.2. The van der Waals surface area contributed by atoms with Crippen LogP contribution in [0.3, 0.4) is 0 Å². The van der Waals surface area contributed by atoms with Crippen molar-refractivity contribution in [3.63, 3.8) is 0 Å². The van der Waals surface area contributed by atoms with Gasteiger partial charge >= 0.3 is 0 Å². The van der Waals surface area contributed by atoms with Crippen molar-refractivity contribution in [1.29, 1.82) is 0 Å². The van der Waals surface area contributed by atoms with Gasteiger partial charge in [-0.2, -0.15) is 0 Å². The van der Waals surface area contributed by atoms with Gasteiger partial charge in [-0.25, -0.2) is 0 Å². The molecule has 0 aliphatic carbocycles. The third-order valence-corrected chi connectivity index (χ3v) is 2.66. The number of hydrogen-bond acceptors (Lipinski definition) is 5. The summed E-state index contributed by atoms with van der Waals surface area (Å²) in [4.78, 5) is 0. The second kappa shape index (κ2) is 5.64. The van der Waals surface area contributed by atoms with Crippen molar-refractivity contribution in [3.8, 4) is 17.2 Å². The topological polar surface area (TPSA) is 60.2 Å². The Kier molecular flexibility index (Phi) is 3.94. The Morgan fingerprint density at radius 3 is 2.83 bits per heavy atom. The number of rotatable bonds is 5. The highest BCUT2D eigenvalue weighted by Crippen LogP contribution is 2.29. The highest BCUT2D eigenvalue weighted by Gasteiger charge is 2.15. The minimum absolute atomic E-state index is 0.0329. The summed E-state index contributed by atoms with van der Waals surface area (Å²) in [6, 6.07) is 7.67. The molecule has 0 radical (unpaired) electrons. The molecule has 0 spiro atoms. The Hall–Kier alpha value is -1.88. The zero-order valence-electron chi connectivity index (χ0n) is 10.8. The van der Waals surface area contributed by atoms with Gasteiger partial charge in [0.15, 0.2) is 0 Å². The van der Waals surface area contributed by atoms with Crippen LogP contribution in [0.1, 0.15) is 25.8 Å². The zero-order valence-corrected chi connectivity index (χ0v) is 10.8. The van der Waals surface area contributed by atoms with Crippen LogP contribution in [-0.4, -0.2) is 23.9 Å². The lowest BCUT2D eigenvalue weighted by molar-refractivity contribution is 0.340. The van der Waals surface area contributed by atoms with Gasteiger partial charge in [-0.15, -0.1) is 10.2 Å². The van der Waals surface area contributed by atoms with Crippen molar-refractivity contribution in [3.05, 3.63) is 30.2 Å². The fourth-order valence-corrected chi connectivity index (χ4v) is 1.57. The molecule has 0 fully saturated rings. The molecule has 1 aromatic heterocycles. The number of nitrogens with one attached hydrogen (secondary N) is 1. The monoisotopic (exact) mass is 247 g/mol. The molecule has 0 aliphatic heterocycles. The lowest BCUT2D eigenvalue weighted by Crippen LogP contribution is -2.12. The zero-order chi connectivity index (χ0) is 13.0. The summed E-state index contributed by atoms with van der Waals surface area (Å²) >= 11 is 0. The van der Waals surface area contributed by atoms with Crippen LogP contribution in [0.4, 0.5) is 0 Å². The molecule has 1 N–H and O–H groups in total. The summed E-state index contributed by atoms with van der Waals surface area (Å²) in [7, 11) is 1.85. The van der Waals surface area contributed by atoms with Gasteiger partial charge in [-0.1, -0.05) is 12.1 Å². The maximum absolute atomic E-state index is 5.64. The molecule has 0 saturated carbocycles. The Balaban J connectivity index is 2.33. The first-order valence-electron chi connectivity index (χ1n) is 5.99. The van der Waals surface area contributed by atoms with Crippen LogP contribution in [-0.2, 0) is 0 Å². The van der Waals surface area contributed by atoms with Gasteiger partial charge in [0.2, 0.25) is 5.89 Å². The van der Waals surface area contributed by atoms with E-state index in [-0.39, 0.29) is 6.04 Å². The highest BCUT2D eigenvalue weighted by molar-refractivity contribution is 5.62. The lowest BCUT2D eigenvalue weighted by Gasteiger charge is -2.06. The molecule has 5 nitrogen and oxygen atoms in total. The third-order valence-electron chi connectivity index (χ3n) is 2.66. The quantitative estimate of drug-likeness (QED) is 0.879. The number of para-hydroxylation sites is 1. The van der Waals surface area contributed by atoms with Crippen LogP contribution in [0, 0.1) is 0 Å². The van der Waals surface area contributed by atoms with E-state index in [1.54, 1.807) is 0 Å². The van der Waals surface area contributed by atoms with Crippen LogP contribution in [0.5, 0.6) is 5.75 Å². The van der Waals surface area contributed by atoms with Crippen LogP contribution in [0.15, 0.2) is 28.7 Å². The molecular weight excluding hydrogens is 230 g/mol. The Morgan fingerprint density at radius 2 is 2.11 bits per heavy atom. The third kappa shape index (κ3) is 2.51. The molecule has 96 valence electrons. The van der Waals surface area contributed by atoms with Crippen LogP contribution < -0.4 is 10.1 Å². The van der Waals surface area contributed by atoms with Gasteiger partial charge in [0.25, 0.3) is 5.89 Å². The maximum atomic E-state index is 5.64. The first-order chi connectivity index (χ1) is 8.76. The normalized spacial score (nSPS) is 12.4. The van der Waals surface area contributed by atoms with E-state index >= 15 is 0 Å². The number of aromatic nitrogens is 2. The number of hydrogen-bond donors (Lipinski definition) is 1. The summed E-state index contributed by atoms with van der Waals surface area (Å²) in [5, 5.41) is 11.1. The van der Waals surface area contributed by atoms with Crippen LogP contribution in [0.25, 0.3) is 11.5 Å². The molecule has 0 amide bonds. The van der Waals surface area contributed by atoms with Crippen molar-refractivity contribution in [2.45, 2.75) is 19.9 Å². The van der Waals surface area contributed by atoms with Gasteiger partial charge in [-0.3, -0.25) is 0 Å². The molecule has 2 aromatic rings. The minimum atomic E-state index is 0.0329. The van der Waals surface area contributed by atoms with Crippen molar-refractivity contribution in [2.75, 3.05) is 13.7 Å². The van der Waals surface area contributed by atoms with Crippen LogP contribution >= 0.6 is 0 Å². The number of nitrogens with zero attached hydrogens (tertiary/aromatic N) is 2. The Bertz CT molecular complexity index is 510.